The van der Waals surface area contributed by atoms with Crippen LogP contribution in [0.3, 0.4) is 0 Å². The van der Waals surface area contributed by atoms with Gasteiger partial charge in [-0.3, -0.25) is 5.10 Å². The van der Waals surface area contributed by atoms with Crippen LogP contribution < -0.4 is 10.6 Å². The number of aromatic amines is 1. The second-order valence-corrected chi connectivity index (χ2v) is 7.97. The molecule has 0 spiro atoms. The zero-order chi connectivity index (χ0) is 14.0. The first-order valence-corrected chi connectivity index (χ1v) is 8.69. The number of hydrogen-bond donors (Lipinski definition) is 2. The molecule has 1 unspecified atom stereocenters. The molecule has 3 N–H and O–H groups in total. The molecule has 6 rings (SSSR count). The molecule has 2 heterocycles. The summed E-state index contributed by atoms with van der Waals surface area (Å²) < 4.78 is 0. The molecule has 1 aromatic rings. The fourth-order valence-electron chi connectivity index (χ4n) is 5.90. The van der Waals surface area contributed by atoms with E-state index in [2.05, 4.69) is 15.1 Å². The Labute approximate surface area is 125 Å². The van der Waals surface area contributed by atoms with Crippen LogP contribution in [0.5, 0.6) is 0 Å². The monoisotopic (exact) mass is 287 g/mol. The van der Waals surface area contributed by atoms with Crippen molar-refractivity contribution in [2.24, 2.45) is 29.4 Å². The SMILES string of the molecule is NC1CCN(c2n[nH]c(C3C4CC5CC(C4)CC3C5)n2)C1. The van der Waals surface area contributed by atoms with Gasteiger partial charge in [0, 0.05) is 25.0 Å². The summed E-state index contributed by atoms with van der Waals surface area (Å²) in [6, 6.07) is 0.285. The summed E-state index contributed by atoms with van der Waals surface area (Å²) in [6.07, 6.45) is 8.30. The first kappa shape index (κ1) is 12.4. The van der Waals surface area contributed by atoms with Crippen LogP contribution >= 0.6 is 0 Å². The van der Waals surface area contributed by atoms with E-state index in [0.717, 1.165) is 49.1 Å². The van der Waals surface area contributed by atoms with Gasteiger partial charge in [-0.05, 0) is 62.2 Å². The van der Waals surface area contributed by atoms with Gasteiger partial charge in [0.2, 0.25) is 5.95 Å². The Morgan fingerprint density at radius 3 is 2.38 bits per heavy atom. The van der Waals surface area contributed by atoms with Crippen molar-refractivity contribution >= 4 is 5.95 Å². The third kappa shape index (κ3) is 1.93. The predicted octanol–water partition coefficient (Wildman–Crippen LogP) is 1.88. The fraction of sp³-hybridized carbons (Fsp3) is 0.875. The molecule has 4 bridgehead atoms. The molecule has 1 aromatic heterocycles. The van der Waals surface area contributed by atoms with E-state index in [1.807, 2.05) is 0 Å². The van der Waals surface area contributed by atoms with Crippen molar-refractivity contribution in [3.8, 4) is 0 Å². The van der Waals surface area contributed by atoms with Gasteiger partial charge in [0.15, 0.2) is 0 Å². The summed E-state index contributed by atoms with van der Waals surface area (Å²) in [5.74, 6) is 6.46. The van der Waals surface area contributed by atoms with E-state index in [4.69, 9.17) is 10.7 Å². The molecule has 0 amide bonds. The van der Waals surface area contributed by atoms with Crippen LogP contribution in [0.2, 0.25) is 0 Å². The van der Waals surface area contributed by atoms with Crippen molar-refractivity contribution in [3.05, 3.63) is 5.82 Å². The van der Waals surface area contributed by atoms with Gasteiger partial charge < -0.3 is 10.6 Å². The van der Waals surface area contributed by atoms with Crippen LogP contribution in [0.1, 0.15) is 50.3 Å². The first-order valence-electron chi connectivity index (χ1n) is 8.69. The molecule has 4 saturated carbocycles. The molecule has 0 aromatic carbocycles. The van der Waals surface area contributed by atoms with E-state index in [0.29, 0.717) is 5.92 Å². The quantitative estimate of drug-likeness (QED) is 0.871. The minimum Gasteiger partial charge on any atom is -0.338 e. The largest absolute Gasteiger partial charge is 0.338 e. The van der Waals surface area contributed by atoms with Crippen LogP contribution in [0.25, 0.3) is 0 Å². The number of nitrogens with one attached hydrogen (secondary N) is 1. The number of rotatable bonds is 2. The predicted molar refractivity (Wildman–Crippen MR) is 81.0 cm³/mol. The summed E-state index contributed by atoms with van der Waals surface area (Å²) in [5, 5.41) is 7.78. The number of anilines is 1. The standard InChI is InChI=1S/C16H25N5/c17-13-1-2-21(8-13)16-18-15(19-20-16)14-11-4-9-3-10(6-11)7-12(14)5-9/h9-14H,1-8,17H2,(H,18,19,20). The van der Waals surface area contributed by atoms with Gasteiger partial charge in [-0.15, -0.1) is 5.10 Å². The Kier molecular flexibility index (Phi) is 2.64. The van der Waals surface area contributed by atoms with E-state index in [9.17, 15) is 0 Å². The highest BCUT2D eigenvalue weighted by atomic mass is 15.4. The Balaban J connectivity index is 1.40. The average molecular weight is 287 g/mol. The highest BCUT2D eigenvalue weighted by Gasteiger charge is 2.49. The topological polar surface area (TPSA) is 70.8 Å². The lowest BCUT2D eigenvalue weighted by atomic mass is 9.52. The Bertz CT molecular complexity index is 511. The van der Waals surface area contributed by atoms with Gasteiger partial charge in [0.25, 0.3) is 0 Å². The fourth-order valence-corrected chi connectivity index (χ4v) is 5.90. The lowest BCUT2D eigenvalue weighted by Crippen LogP contribution is -2.44. The molecule has 114 valence electrons. The number of nitrogens with zero attached hydrogens (tertiary/aromatic N) is 3. The van der Waals surface area contributed by atoms with Crippen molar-refractivity contribution in [2.75, 3.05) is 18.0 Å². The lowest BCUT2D eigenvalue weighted by molar-refractivity contribution is -0.00552. The van der Waals surface area contributed by atoms with Crippen LogP contribution in [0.4, 0.5) is 5.95 Å². The maximum atomic E-state index is 6.00. The Morgan fingerprint density at radius 2 is 1.76 bits per heavy atom. The smallest absolute Gasteiger partial charge is 0.244 e. The molecular formula is C16H25N5. The van der Waals surface area contributed by atoms with Crippen LogP contribution in [0, 0.1) is 23.7 Å². The summed E-state index contributed by atoms with van der Waals surface area (Å²) in [5.41, 5.74) is 6.00. The number of aromatic nitrogens is 3. The van der Waals surface area contributed by atoms with Crippen molar-refractivity contribution in [1.82, 2.24) is 15.2 Å². The third-order valence-corrected chi connectivity index (χ3v) is 6.54. The maximum absolute atomic E-state index is 6.00. The molecule has 5 fully saturated rings. The molecule has 1 saturated heterocycles. The number of H-pyrrole nitrogens is 1. The summed E-state index contributed by atoms with van der Waals surface area (Å²) in [7, 11) is 0. The summed E-state index contributed by atoms with van der Waals surface area (Å²) >= 11 is 0. The van der Waals surface area contributed by atoms with Crippen molar-refractivity contribution in [1.29, 1.82) is 0 Å². The van der Waals surface area contributed by atoms with E-state index >= 15 is 0 Å². The second-order valence-electron chi connectivity index (χ2n) is 7.97. The summed E-state index contributed by atoms with van der Waals surface area (Å²) in [6.45, 7) is 1.90. The van der Waals surface area contributed by atoms with Crippen molar-refractivity contribution in [3.63, 3.8) is 0 Å². The van der Waals surface area contributed by atoms with Crippen molar-refractivity contribution < 1.29 is 0 Å². The number of nitrogens with two attached hydrogens (primary N) is 1. The Morgan fingerprint density at radius 1 is 1.05 bits per heavy atom. The van der Waals surface area contributed by atoms with E-state index < -0.39 is 0 Å². The van der Waals surface area contributed by atoms with E-state index in [1.54, 1.807) is 0 Å². The van der Waals surface area contributed by atoms with Gasteiger partial charge in [0.05, 0.1) is 0 Å². The molecule has 5 nitrogen and oxygen atoms in total. The van der Waals surface area contributed by atoms with Crippen molar-refractivity contribution in [2.45, 2.75) is 50.5 Å². The molecule has 0 radical (unpaired) electrons. The molecule has 21 heavy (non-hydrogen) atoms. The molecule has 1 aliphatic heterocycles. The van der Waals surface area contributed by atoms with Crippen LogP contribution in [0.15, 0.2) is 0 Å². The van der Waals surface area contributed by atoms with Crippen LogP contribution in [-0.2, 0) is 0 Å². The van der Waals surface area contributed by atoms with E-state index in [1.165, 1.54) is 37.9 Å². The minimum absolute atomic E-state index is 0.285. The highest BCUT2D eigenvalue weighted by molar-refractivity contribution is 5.32. The highest BCUT2D eigenvalue weighted by Crippen LogP contribution is 2.59. The zero-order valence-corrected chi connectivity index (χ0v) is 12.5. The first-order chi connectivity index (χ1) is 10.3. The maximum Gasteiger partial charge on any atom is 0.244 e. The zero-order valence-electron chi connectivity index (χ0n) is 12.5. The number of hydrogen-bond acceptors (Lipinski definition) is 4. The summed E-state index contributed by atoms with van der Waals surface area (Å²) in [4.78, 5) is 7.11. The molecule has 5 heteroatoms. The van der Waals surface area contributed by atoms with Gasteiger partial charge in [-0.25, -0.2) is 0 Å². The second kappa shape index (κ2) is 4.45. The molecule has 1 atom stereocenters. The minimum atomic E-state index is 0.285. The molecular weight excluding hydrogens is 262 g/mol. The molecule has 5 aliphatic rings. The van der Waals surface area contributed by atoms with Crippen LogP contribution in [-0.4, -0.2) is 34.3 Å². The van der Waals surface area contributed by atoms with Gasteiger partial charge >= 0.3 is 0 Å². The lowest BCUT2D eigenvalue weighted by Gasteiger charge is -2.53. The Hall–Kier alpha value is -1.10. The third-order valence-electron chi connectivity index (χ3n) is 6.54. The van der Waals surface area contributed by atoms with E-state index in [-0.39, 0.29) is 6.04 Å². The van der Waals surface area contributed by atoms with Gasteiger partial charge in [-0.1, -0.05) is 0 Å². The average Bonchev–Trinajstić information content (AvgIpc) is 3.06. The van der Waals surface area contributed by atoms with Gasteiger partial charge in [-0.2, -0.15) is 4.98 Å². The normalized spacial score (nSPS) is 44.7. The van der Waals surface area contributed by atoms with Gasteiger partial charge in [0.1, 0.15) is 5.82 Å². The molecule has 4 aliphatic carbocycles.